The molecule has 4 rings (SSSR count). The van der Waals surface area contributed by atoms with E-state index in [0.717, 1.165) is 11.3 Å². The molecule has 156 valence electrons. The number of anilines is 1. The molecule has 0 unspecified atom stereocenters. The molecule has 0 radical (unpaired) electrons. The second-order valence-corrected chi connectivity index (χ2v) is 7.63. The third kappa shape index (κ3) is 4.75. The maximum Gasteiger partial charge on any atom is 0.242 e. The van der Waals surface area contributed by atoms with Gasteiger partial charge in [0.25, 0.3) is 0 Å². The van der Waals surface area contributed by atoms with Gasteiger partial charge in [0, 0.05) is 5.69 Å². The molecular weight excluding hydrogens is 415 g/mol. The first-order chi connectivity index (χ1) is 15.2. The fraction of sp³-hybridized carbons (Fsp3) is 0.0870. The molecule has 0 fully saturated rings. The molecule has 1 aromatic heterocycles. The van der Waals surface area contributed by atoms with Crippen LogP contribution in [0.5, 0.6) is 5.75 Å². The molecule has 6 nitrogen and oxygen atoms in total. The molecule has 8 heteroatoms. The molecule has 4 aromatic rings. The monoisotopic (exact) mass is 434 g/mol. The Labute approximate surface area is 183 Å². The zero-order valence-corrected chi connectivity index (χ0v) is 17.4. The fourth-order valence-electron chi connectivity index (χ4n) is 3.05. The number of ether oxygens (including phenoxy) is 1. The van der Waals surface area contributed by atoms with Crippen LogP contribution in [0.4, 0.5) is 10.1 Å². The van der Waals surface area contributed by atoms with Crippen molar-refractivity contribution in [1.29, 1.82) is 0 Å². The van der Waals surface area contributed by atoms with Gasteiger partial charge in [-0.2, -0.15) is 0 Å². The lowest BCUT2D eigenvalue weighted by atomic mass is 10.1. The summed E-state index contributed by atoms with van der Waals surface area (Å²) in [6.07, 6.45) is 1.58. The van der Waals surface area contributed by atoms with Crippen molar-refractivity contribution < 1.29 is 13.9 Å². The summed E-state index contributed by atoms with van der Waals surface area (Å²) >= 11 is 1.27. The minimum atomic E-state index is -0.607. The van der Waals surface area contributed by atoms with Crippen LogP contribution in [0.3, 0.4) is 0 Å². The number of methoxy groups -OCH3 is 1. The average molecular weight is 434 g/mol. The van der Waals surface area contributed by atoms with Gasteiger partial charge >= 0.3 is 0 Å². The number of aromatic nitrogens is 3. The number of nitrogens with one attached hydrogen (secondary N) is 1. The largest absolute Gasteiger partial charge is 0.495 e. The number of benzene rings is 3. The SMILES string of the molecule is COc1ccccc1-n1cnnc1S[C@@H](C(=O)Nc1ccc(F)cc1)c1ccccc1. The lowest BCUT2D eigenvalue weighted by molar-refractivity contribution is -0.115. The van der Waals surface area contributed by atoms with Crippen LogP contribution in [0, 0.1) is 5.82 Å². The maximum atomic E-state index is 13.2. The number of thioether (sulfide) groups is 1. The van der Waals surface area contributed by atoms with E-state index in [1.165, 1.54) is 36.0 Å². The van der Waals surface area contributed by atoms with Gasteiger partial charge in [0.15, 0.2) is 5.16 Å². The molecule has 0 aliphatic carbocycles. The Morgan fingerprint density at radius 1 is 1.03 bits per heavy atom. The molecule has 1 amide bonds. The zero-order valence-electron chi connectivity index (χ0n) is 16.6. The quantitative estimate of drug-likeness (QED) is 0.420. The van der Waals surface area contributed by atoms with E-state index in [9.17, 15) is 9.18 Å². The number of amides is 1. The summed E-state index contributed by atoms with van der Waals surface area (Å²) in [4.78, 5) is 13.2. The van der Waals surface area contributed by atoms with Crippen LogP contribution >= 0.6 is 11.8 Å². The van der Waals surface area contributed by atoms with Crippen LogP contribution in [-0.2, 0) is 4.79 Å². The normalized spacial score (nSPS) is 11.7. The Morgan fingerprint density at radius 2 is 1.74 bits per heavy atom. The lowest BCUT2D eigenvalue weighted by Crippen LogP contribution is -2.19. The van der Waals surface area contributed by atoms with Gasteiger partial charge in [-0.05, 0) is 42.0 Å². The Morgan fingerprint density at radius 3 is 2.48 bits per heavy atom. The summed E-state index contributed by atoms with van der Waals surface area (Å²) in [6, 6.07) is 22.6. The van der Waals surface area contributed by atoms with Crippen LogP contribution in [0.2, 0.25) is 0 Å². The Balaban J connectivity index is 1.66. The predicted molar refractivity (Wildman–Crippen MR) is 118 cm³/mol. The van der Waals surface area contributed by atoms with Crippen LogP contribution < -0.4 is 10.1 Å². The van der Waals surface area contributed by atoms with Gasteiger partial charge in [0.1, 0.15) is 23.1 Å². The van der Waals surface area contributed by atoms with Crippen molar-refractivity contribution in [1.82, 2.24) is 14.8 Å². The van der Waals surface area contributed by atoms with Crippen molar-refractivity contribution in [2.75, 3.05) is 12.4 Å². The molecule has 1 heterocycles. The number of halogens is 1. The van der Waals surface area contributed by atoms with Crippen molar-refractivity contribution in [3.8, 4) is 11.4 Å². The van der Waals surface area contributed by atoms with E-state index in [1.807, 2.05) is 54.6 Å². The number of hydrogen-bond acceptors (Lipinski definition) is 5. The van der Waals surface area contributed by atoms with E-state index in [4.69, 9.17) is 4.74 Å². The highest BCUT2D eigenvalue weighted by Crippen LogP contribution is 2.37. The maximum absolute atomic E-state index is 13.2. The molecule has 0 spiro atoms. The standard InChI is InChI=1S/C23H19FN4O2S/c1-30-20-10-6-5-9-19(20)28-15-25-27-23(28)31-21(16-7-3-2-4-8-16)22(29)26-18-13-11-17(24)12-14-18/h2-15,21H,1H3,(H,26,29)/t21-/m1/s1. The van der Waals surface area contributed by atoms with Crippen LogP contribution in [-0.4, -0.2) is 27.8 Å². The molecule has 0 aliphatic heterocycles. The minimum absolute atomic E-state index is 0.252. The highest BCUT2D eigenvalue weighted by Gasteiger charge is 2.25. The van der Waals surface area contributed by atoms with Crippen molar-refractivity contribution in [2.45, 2.75) is 10.4 Å². The van der Waals surface area contributed by atoms with Crippen LogP contribution in [0.15, 0.2) is 90.3 Å². The number of nitrogens with zero attached hydrogens (tertiary/aromatic N) is 3. The zero-order chi connectivity index (χ0) is 21.6. The second-order valence-electron chi connectivity index (χ2n) is 6.56. The number of hydrogen-bond donors (Lipinski definition) is 1. The van der Waals surface area contributed by atoms with E-state index >= 15 is 0 Å². The van der Waals surface area contributed by atoms with E-state index in [1.54, 1.807) is 18.0 Å². The summed E-state index contributed by atoms with van der Waals surface area (Å²) < 4.78 is 20.5. The smallest absolute Gasteiger partial charge is 0.242 e. The Kier molecular flexibility index (Phi) is 6.28. The molecule has 1 atom stereocenters. The summed E-state index contributed by atoms with van der Waals surface area (Å²) in [7, 11) is 1.60. The van der Waals surface area contributed by atoms with Crippen molar-refractivity contribution in [2.24, 2.45) is 0 Å². The summed E-state index contributed by atoms with van der Waals surface area (Å²) in [5.74, 6) is 0.0467. The highest BCUT2D eigenvalue weighted by atomic mass is 32.2. The van der Waals surface area contributed by atoms with Gasteiger partial charge in [-0.3, -0.25) is 9.36 Å². The summed E-state index contributed by atoms with van der Waals surface area (Å²) in [5.41, 5.74) is 2.09. The van der Waals surface area contributed by atoms with Gasteiger partial charge in [0.05, 0.1) is 12.8 Å². The van der Waals surface area contributed by atoms with Crippen LogP contribution in [0.1, 0.15) is 10.8 Å². The molecule has 1 N–H and O–H groups in total. The first-order valence-electron chi connectivity index (χ1n) is 9.47. The molecule has 0 aliphatic rings. The first-order valence-corrected chi connectivity index (χ1v) is 10.3. The minimum Gasteiger partial charge on any atom is -0.495 e. The number of carbonyl (C=O) groups excluding carboxylic acids is 1. The number of para-hydroxylation sites is 2. The third-order valence-corrected chi connectivity index (χ3v) is 5.75. The van der Waals surface area contributed by atoms with Gasteiger partial charge in [-0.1, -0.05) is 54.2 Å². The summed E-state index contributed by atoms with van der Waals surface area (Å²) in [5, 5.41) is 11.0. The van der Waals surface area contributed by atoms with Gasteiger partial charge in [0.2, 0.25) is 5.91 Å². The number of rotatable bonds is 7. The van der Waals surface area contributed by atoms with E-state index in [0.29, 0.717) is 16.6 Å². The molecule has 3 aromatic carbocycles. The van der Waals surface area contributed by atoms with Gasteiger partial charge < -0.3 is 10.1 Å². The highest BCUT2D eigenvalue weighted by molar-refractivity contribution is 8.00. The van der Waals surface area contributed by atoms with Crippen molar-refractivity contribution in [3.05, 3.63) is 96.6 Å². The van der Waals surface area contributed by atoms with Gasteiger partial charge in [-0.25, -0.2) is 4.39 Å². The summed E-state index contributed by atoms with van der Waals surface area (Å²) in [6.45, 7) is 0. The third-order valence-electron chi connectivity index (χ3n) is 4.54. The van der Waals surface area contributed by atoms with Gasteiger partial charge in [-0.15, -0.1) is 10.2 Å². The molecule has 0 saturated carbocycles. The average Bonchev–Trinajstić information content (AvgIpc) is 3.27. The molecule has 0 bridgehead atoms. The second kappa shape index (κ2) is 9.44. The molecule has 0 saturated heterocycles. The van der Waals surface area contributed by atoms with Crippen molar-refractivity contribution >= 4 is 23.4 Å². The Bertz CT molecular complexity index is 1170. The topological polar surface area (TPSA) is 69.0 Å². The fourth-order valence-corrected chi connectivity index (χ4v) is 4.07. The lowest BCUT2D eigenvalue weighted by Gasteiger charge is -2.17. The van der Waals surface area contributed by atoms with Crippen molar-refractivity contribution in [3.63, 3.8) is 0 Å². The van der Waals surface area contributed by atoms with E-state index in [-0.39, 0.29) is 11.7 Å². The first kappa shape index (κ1) is 20.6. The van der Waals surface area contributed by atoms with E-state index < -0.39 is 5.25 Å². The van der Waals surface area contributed by atoms with E-state index in [2.05, 4.69) is 15.5 Å². The predicted octanol–water partition coefficient (Wildman–Crippen LogP) is 4.89. The molecule has 31 heavy (non-hydrogen) atoms. The molecular formula is C23H19FN4O2S. The number of carbonyl (C=O) groups is 1. The van der Waals surface area contributed by atoms with Crippen LogP contribution in [0.25, 0.3) is 5.69 Å². The Hall–Kier alpha value is -3.65.